The predicted octanol–water partition coefficient (Wildman–Crippen LogP) is 10.9. The van der Waals surface area contributed by atoms with Crippen LogP contribution in [0.1, 0.15) is 147 Å². The van der Waals surface area contributed by atoms with Gasteiger partial charge in [0.25, 0.3) is 11.8 Å². The molecule has 2 aliphatic heterocycles. The molecule has 338 valence electrons. The molecular formula is C53H63N3O7S. The van der Waals surface area contributed by atoms with Crippen LogP contribution in [0.3, 0.4) is 0 Å². The fourth-order valence-corrected chi connectivity index (χ4v) is 9.66. The number of nitrogens with zero attached hydrogens (tertiary/aromatic N) is 2. The van der Waals surface area contributed by atoms with E-state index in [4.69, 9.17) is 4.74 Å². The van der Waals surface area contributed by atoms with Gasteiger partial charge in [-0.3, -0.25) is 34.2 Å². The molecule has 1 atom stereocenters. The Morgan fingerprint density at radius 2 is 1.34 bits per heavy atom. The molecule has 1 fully saturated rings. The minimum atomic E-state index is -0.951. The van der Waals surface area contributed by atoms with Crippen LogP contribution in [0.15, 0.2) is 102 Å². The maximum atomic E-state index is 13.3. The molecular weight excluding hydrogens is 823 g/mol. The summed E-state index contributed by atoms with van der Waals surface area (Å²) in [6.07, 6.45) is 15.5. The molecule has 10 nitrogen and oxygen atoms in total. The Morgan fingerprint density at radius 3 is 1.97 bits per heavy atom. The van der Waals surface area contributed by atoms with Gasteiger partial charge in [0.05, 0.1) is 17.7 Å². The zero-order valence-corrected chi connectivity index (χ0v) is 38.3. The molecule has 0 aromatic heterocycles. The van der Waals surface area contributed by atoms with Gasteiger partial charge in [-0.1, -0.05) is 132 Å². The SMILES string of the molecule is CCC(=C(c1ccc(O)cc1)c1ccc(OCCN(C)C(=O)CCCCCCCCCCCCCCSc2cccc3c2C(=O)N(C2CCC(=O)NC2=O)C3=O)cc1)c1ccccc1. The minimum Gasteiger partial charge on any atom is -0.508 e. The lowest BCUT2D eigenvalue weighted by molar-refractivity contribution is -0.136. The number of benzene rings is 4. The van der Waals surface area contributed by atoms with Crippen molar-refractivity contribution in [3.8, 4) is 11.5 Å². The first-order chi connectivity index (χ1) is 31.2. The van der Waals surface area contributed by atoms with E-state index in [1.807, 2.05) is 43.4 Å². The van der Waals surface area contributed by atoms with Crippen LogP contribution in [-0.4, -0.2) is 76.4 Å². The summed E-state index contributed by atoms with van der Waals surface area (Å²) in [7, 11) is 1.85. The number of hydrogen-bond acceptors (Lipinski definition) is 8. The van der Waals surface area contributed by atoms with Crippen molar-refractivity contribution in [2.45, 2.75) is 121 Å². The van der Waals surface area contributed by atoms with Crippen LogP contribution in [0.4, 0.5) is 0 Å². The molecule has 0 radical (unpaired) electrons. The summed E-state index contributed by atoms with van der Waals surface area (Å²) in [6.45, 7) is 3.11. The van der Waals surface area contributed by atoms with E-state index in [9.17, 15) is 29.1 Å². The number of fused-ring (bicyclic) bond motifs is 1. The zero-order valence-electron chi connectivity index (χ0n) is 37.4. The molecule has 11 heteroatoms. The number of allylic oxidation sites excluding steroid dienone is 1. The number of likely N-dealkylation sites (N-methyl/N-ethyl adjacent to an activating group) is 1. The largest absolute Gasteiger partial charge is 0.508 e. The van der Waals surface area contributed by atoms with Crippen LogP contribution in [0.2, 0.25) is 0 Å². The van der Waals surface area contributed by atoms with Crippen molar-refractivity contribution in [1.82, 2.24) is 15.1 Å². The Labute approximate surface area is 382 Å². The van der Waals surface area contributed by atoms with Crippen LogP contribution in [0.25, 0.3) is 11.1 Å². The second kappa shape index (κ2) is 24.4. The molecule has 1 unspecified atom stereocenters. The quantitative estimate of drug-likeness (QED) is 0.0291. The van der Waals surface area contributed by atoms with Gasteiger partial charge in [0, 0.05) is 24.8 Å². The van der Waals surface area contributed by atoms with E-state index in [0.29, 0.717) is 30.7 Å². The third-order valence-corrected chi connectivity index (χ3v) is 13.3. The second-order valence-corrected chi connectivity index (χ2v) is 17.9. The number of thioether (sulfide) groups is 1. The maximum absolute atomic E-state index is 13.3. The highest BCUT2D eigenvalue weighted by atomic mass is 32.2. The van der Waals surface area contributed by atoms with Crippen LogP contribution >= 0.6 is 11.8 Å². The van der Waals surface area contributed by atoms with E-state index in [1.165, 1.54) is 56.1 Å². The Kier molecular flexibility index (Phi) is 18.2. The van der Waals surface area contributed by atoms with Crippen molar-refractivity contribution in [3.63, 3.8) is 0 Å². The van der Waals surface area contributed by atoms with Gasteiger partial charge in [-0.25, -0.2) is 0 Å². The van der Waals surface area contributed by atoms with Gasteiger partial charge in [0.1, 0.15) is 24.1 Å². The standard InChI is InChI=1S/C53H63N3O7S/c1-3-43(38-20-15-14-16-21-38)49(39-25-29-41(57)30-26-39)40-27-31-42(32-28-40)63-36-35-55(2)48(59)24-17-12-10-8-6-4-5-7-9-11-13-18-37-64-46-23-19-22-44-50(46)53(62)56(52(44)61)45-33-34-47(58)54-51(45)60/h14-16,19-23,25-32,45,57H,3-13,17-18,24,33-37H2,1-2H3,(H,54,58,60). The highest BCUT2D eigenvalue weighted by Gasteiger charge is 2.45. The first-order valence-corrected chi connectivity index (χ1v) is 24.2. The lowest BCUT2D eigenvalue weighted by Gasteiger charge is -2.27. The fraction of sp³-hybridized carbons (Fsp3) is 0.415. The summed E-state index contributed by atoms with van der Waals surface area (Å²) >= 11 is 1.58. The fourth-order valence-electron chi connectivity index (χ4n) is 8.57. The van der Waals surface area contributed by atoms with Crippen molar-refractivity contribution < 1.29 is 33.8 Å². The Bertz CT molecular complexity index is 2240. The number of carbonyl (C=O) groups excluding carboxylic acids is 5. The van der Waals surface area contributed by atoms with E-state index >= 15 is 0 Å². The van der Waals surface area contributed by atoms with Crippen molar-refractivity contribution in [3.05, 3.63) is 125 Å². The van der Waals surface area contributed by atoms with Gasteiger partial charge in [-0.2, -0.15) is 0 Å². The smallest absolute Gasteiger partial charge is 0.263 e. The number of carbonyl (C=O) groups is 5. The molecule has 4 aromatic carbocycles. The Hall–Kier alpha value is -5.68. The third-order valence-electron chi connectivity index (χ3n) is 12.2. The number of amides is 5. The molecule has 6 rings (SSSR count). The third kappa shape index (κ3) is 13.0. The summed E-state index contributed by atoms with van der Waals surface area (Å²) in [5, 5.41) is 12.2. The van der Waals surface area contributed by atoms with Gasteiger partial charge in [0.15, 0.2) is 0 Å². The van der Waals surface area contributed by atoms with Crippen molar-refractivity contribution in [2.24, 2.45) is 0 Å². The second-order valence-electron chi connectivity index (χ2n) is 16.8. The van der Waals surface area contributed by atoms with E-state index in [0.717, 1.165) is 76.5 Å². The summed E-state index contributed by atoms with van der Waals surface area (Å²) < 4.78 is 6.06. The van der Waals surface area contributed by atoms with Gasteiger partial charge < -0.3 is 14.7 Å². The number of phenols is 1. The predicted molar refractivity (Wildman–Crippen MR) is 254 cm³/mol. The monoisotopic (exact) mass is 885 g/mol. The van der Waals surface area contributed by atoms with Crippen LogP contribution in [0.5, 0.6) is 11.5 Å². The summed E-state index contributed by atoms with van der Waals surface area (Å²) in [6, 6.07) is 30.2. The first-order valence-electron chi connectivity index (χ1n) is 23.2. The van der Waals surface area contributed by atoms with E-state index < -0.39 is 23.8 Å². The number of imide groups is 2. The number of hydrogen-bond donors (Lipinski definition) is 2. The molecule has 64 heavy (non-hydrogen) atoms. The highest BCUT2D eigenvalue weighted by Crippen LogP contribution is 2.37. The number of aromatic hydroxyl groups is 1. The Balaban J connectivity index is 0.783. The molecule has 5 amide bonds. The van der Waals surface area contributed by atoms with Crippen LogP contribution in [-0.2, 0) is 14.4 Å². The molecule has 2 N–H and O–H groups in total. The van der Waals surface area contributed by atoms with E-state index in [1.54, 1.807) is 40.9 Å². The number of nitrogens with one attached hydrogen (secondary N) is 1. The molecule has 4 aromatic rings. The maximum Gasteiger partial charge on any atom is 0.263 e. The summed E-state index contributed by atoms with van der Waals surface area (Å²) in [5.41, 5.74) is 6.34. The van der Waals surface area contributed by atoms with Gasteiger partial charge >= 0.3 is 0 Å². The number of piperidine rings is 1. The van der Waals surface area contributed by atoms with E-state index in [2.05, 4.69) is 48.6 Å². The summed E-state index contributed by atoms with van der Waals surface area (Å²) in [4.78, 5) is 66.7. The van der Waals surface area contributed by atoms with Crippen LogP contribution < -0.4 is 10.1 Å². The Morgan fingerprint density at radius 1 is 0.734 bits per heavy atom. The molecule has 0 aliphatic carbocycles. The van der Waals surface area contributed by atoms with Crippen molar-refractivity contribution in [1.29, 1.82) is 0 Å². The van der Waals surface area contributed by atoms with E-state index in [-0.39, 0.29) is 30.4 Å². The lowest BCUT2D eigenvalue weighted by Crippen LogP contribution is -2.54. The molecule has 0 saturated carbocycles. The van der Waals surface area contributed by atoms with Crippen molar-refractivity contribution in [2.75, 3.05) is 26.0 Å². The molecule has 2 heterocycles. The highest BCUT2D eigenvalue weighted by molar-refractivity contribution is 7.99. The van der Waals surface area contributed by atoms with Crippen molar-refractivity contribution >= 4 is 52.4 Å². The normalized spacial score (nSPS) is 15.2. The number of rotatable bonds is 25. The number of phenolic OH excluding ortho intramolecular Hbond substituents is 1. The summed E-state index contributed by atoms with van der Waals surface area (Å²) in [5.74, 6) is 0.113. The average Bonchev–Trinajstić information content (AvgIpc) is 3.56. The molecule has 1 saturated heterocycles. The van der Waals surface area contributed by atoms with Gasteiger partial charge in [-0.15, -0.1) is 11.8 Å². The molecule has 2 aliphatic rings. The molecule has 0 spiro atoms. The first kappa shape index (κ1) is 47.8. The average molecular weight is 886 g/mol. The number of ether oxygens (including phenoxy) is 1. The lowest BCUT2D eigenvalue weighted by atomic mass is 9.88. The van der Waals surface area contributed by atoms with Gasteiger partial charge in [0.2, 0.25) is 17.7 Å². The van der Waals surface area contributed by atoms with Gasteiger partial charge in [-0.05, 0) is 95.7 Å². The molecule has 0 bridgehead atoms. The zero-order chi connectivity index (χ0) is 45.3. The van der Waals surface area contributed by atoms with Crippen LogP contribution in [0, 0.1) is 0 Å². The minimum absolute atomic E-state index is 0.105. The topological polar surface area (TPSA) is 133 Å². The number of unbranched alkanes of at least 4 members (excludes halogenated alkanes) is 11.